The molecule has 1 atom stereocenters. The first-order valence-electron chi connectivity index (χ1n) is 11.0. The van der Waals surface area contributed by atoms with Crippen molar-refractivity contribution >= 4 is 33.7 Å². The Hall–Kier alpha value is -2.36. The quantitative estimate of drug-likeness (QED) is 0.218. The molecular formula is C25H35NO6S2. The normalized spacial score (nSPS) is 13.4. The van der Waals surface area contributed by atoms with Crippen molar-refractivity contribution in [2.45, 2.75) is 64.3 Å². The highest BCUT2D eigenvalue weighted by atomic mass is 32.2. The van der Waals surface area contributed by atoms with Crippen LogP contribution in [0.1, 0.15) is 63.7 Å². The largest absolute Gasteiger partial charge is 0.480 e. The number of carboxylic acids is 2. The summed E-state index contributed by atoms with van der Waals surface area (Å²) in [5, 5.41) is 18.7. The minimum absolute atomic E-state index is 0.0109. The molecule has 1 rings (SSSR count). The molecule has 1 aromatic rings. The number of aromatic carboxylic acids is 1. The van der Waals surface area contributed by atoms with E-state index in [0.29, 0.717) is 5.75 Å². The van der Waals surface area contributed by atoms with Gasteiger partial charge in [0.1, 0.15) is 6.04 Å². The van der Waals surface area contributed by atoms with Crippen LogP contribution in [0.3, 0.4) is 0 Å². The van der Waals surface area contributed by atoms with Crippen LogP contribution in [-0.2, 0) is 14.8 Å². The van der Waals surface area contributed by atoms with Crippen molar-refractivity contribution < 1.29 is 28.2 Å². The number of carboxylic acid groups (broad SMARTS) is 2. The maximum Gasteiger partial charge on any atom is 0.337 e. The van der Waals surface area contributed by atoms with E-state index < -0.39 is 38.5 Å². The average molecular weight is 510 g/mol. The van der Waals surface area contributed by atoms with E-state index >= 15 is 0 Å². The number of aliphatic carboxylic acids is 1. The topological polar surface area (TPSA) is 121 Å². The number of carbonyl (C=O) groups is 2. The molecule has 0 spiro atoms. The predicted octanol–water partition coefficient (Wildman–Crippen LogP) is 5.27. The summed E-state index contributed by atoms with van der Waals surface area (Å²) in [6.07, 6.45) is 10.4. The third kappa shape index (κ3) is 11.2. The van der Waals surface area contributed by atoms with Crippen LogP contribution in [0.5, 0.6) is 0 Å². The molecule has 1 aromatic carbocycles. The number of allylic oxidation sites excluding steroid dienone is 5. The molecule has 3 N–H and O–H groups in total. The lowest BCUT2D eigenvalue weighted by Crippen LogP contribution is -2.43. The minimum atomic E-state index is -4.32. The Balaban J connectivity index is 2.60. The van der Waals surface area contributed by atoms with Gasteiger partial charge >= 0.3 is 11.9 Å². The van der Waals surface area contributed by atoms with Crippen LogP contribution < -0.4 is 4.72 Å². The number of rotatable bonds is 15. The molecule has 0 saturated carbocycles. The van der Waals surface area contributed by atoms with E-state index in [1.54, 1.807) is 0 Å². The molecule has 0 bridgehead atoms. The van der Waals surface area contributed by atoms with Gasteiger partial charge in [-0.2, -0.15) is 16.5 Å². The summed E-state index contributed by atoms with van der Waals surface area (Å²) >= 11 is 1.30. The second-order valence-electron chi connectivity index (χ2n) is 8.31. The van der Waals surface area contributed by atoms with Crippen molar-refractivity contribution in [2.24, 2.45) is 0 Å². The van der Waals surface area contributed by atoms with Crippen molar-refractivity contribution in [2.75, 3.05) is 11.5 Å². The minimum Gasteiger partial charge on any atom is -0.480 e. The van der Waals surface area contributed by atoms with Crippen molar-refractivity contribution in [3.63, 3.8) is 0 Å². The Kier molecular flexibility index (Phi) is 12.9. The first-order valence-corrected chi connectivity index (χ1v) is 13.7. The van der Waals surface area contributed by atoms with Gasteiger partial charge in [-0.15, -0.1) is 0 Å². The molecule has 0 radical (unpaired) electrons. The summed E-state index contributed by atoms with van der Waals surface area (Å²) in [6, 6.07) is 3.72. The fourth-order valence-electron chi connectivity index (χ4n) is 3.01. The Morgan fingerprint density at radius 2 is 1.56 bits per heavy atom. The predicted molar refractivity (Wildman–Crippen MR) is 138 cm³/mol. The van der Waals surface area contributed by atoms with Gasteiger partial charge in [-0.05, 0) is 65.5 Å². The summed E-state index contributed by atoms with van der Waals surface area (Å²) in [5.74, 6) is -2.16. The number of sulfonamides is 1. The zero-order valence-corrected chi connectivity index (χ0v) is 21.8. The SMILES string of the molecule is CC(C)=CCC/C(C)=C/CC/C(C)=C/CSC[C@H](NS(=O)(=O)c1ccccc1C(=O)O)C(=O)O. The van der Waals surface area contributed by atoms with Gasteiger partial charge in [-0.25, -0.2) is 13.2 Å². The zero-order chi connectivity index (χ0) is 25.7. The van der Waals surface area contributed by atoms with Gasteiger partial charge in [0.15, 0.2) is 0 Å². The summed E-state index contributed by atoms with van der Waals surface area (Å²) in [4.78, 5) is 22.5. The number of hydrogen-bond donors (Lipinski definition) is 3. The lowest BCUT2D eigenvalue weighted by atomic mass is 10.1. The van der Waals surface area contributed by atoms with Crippen LogP contribution in [-0.4, -0.2) is 48.1 Å². The van der Waals surface area contributed by atoms with Crippen LogP contribution in [0.15, 0.2) is 64.1 Å². The highest BCUT2D eigenvalue weighted by Crippen LogP contribution is 2.17. The first kappa shape index (κ1) is 29.7. The van der Waals surface area contributed by atoms with Crippen LogP contribution in [0.25, 0.3) is 0 Å². The van der Waals surface area contributed by atoms with E-state index in [1.807, 2.05) is 13.0 Å². The van der Waals surface area contributed by atoms with E-state index in [9.17, 15) is 28.2 Å². The van der Waals surface area contributed by atoms with Crippen LogP contribution in [0.4, 0.5) is 0 Å². The van der Waals surface area contributed by atoms with Crippen LogP contribution >= 0.6 is 11.8 Å². The Morgan fingerprint density at radius 1 is 0.971 bits per heavy atom. The lowest BCUT2D eigenvalue weighted by Gasteiger charge is -2.15. The van der Waals surface area contributed by atoms with Gasteiger partial charge in [-0.1, -0.05) is 47.1 Å². The van der Waals surface area contributed by atoms with Gasteiger partial charge in [-0.3, -0.25) is 4.79 Å². The Labute approximate surface area is 207 Å². The summed E-state index contributed by atoms with van der Waals surface area (Å²) in [7, 11) is -4.32. The van der Waals surface area contributed by atoms with Gasteiger partial charge in [0.25, 0.3) is 0 Å². The smallest absolute Gasteiger partial charge is 0.337 e. The van der Waals surface area contributed by atoms with E-state index in [2.05, 4.69) is 37.6 Å². The zero-order valence-electron chi connectivity index (χ0n) is 20.2. The molecule has 9 heteroatoms. The standard InChI is InChI=1S/C25H35NO6S2/c1-18(2)9-7-10-19(3)11-8-12-20(4)15-16-33-17-22(25(29)30)26-34(31,32)23-14-6-5-13-21(23)24(27)28/h5-6,9,11,13-15,22,26H,7-8,10,12,16-17H2,1-4H3,(H,27,28)(H,29,30)/b19-11+,20-15+/t22-/m0/s1. The fourth-order valence-corrected chi connectivity index (χ4v) is 5.50. The second kappa shape index (κ2) is 14.8. The highest BCUT2D eigenvalue weighted by molar-refractivity contribution is 7.99. The average Bonchev–Trinajstić information content (AvgIpc) is 2.75. The van der Waals surface area contributed by atoms with Crippen molar-refractivity contribution in [1.29, 1.82) is 0 Å². The molecule has 0 aromatic heterocycles. The van der Waals surface area contributed by atoms with Gasteiger partial charge in [0.05, 0.1) is 10.5 Å². The van der Waals surface area contributed by atoms with E-state index in [0.717, 1.165) is 37.8 Å². The Morgan fingerprint density at radius 3 is 2.15 bits per heavy atom. The molecule has 0 aliphatic heterocycles. The van der Waals surface area contributed by atoms with Gasteiger partial charge < -0.3 is 10.2 Å². The molecule has 0 amide bonds. The van der Waals surface area contributed by atoms with Gasteiger partial charge in [0, 0.05) is 11.5 Å². The monoisotopic (exact) mass is 509 g/mol. The summed E-state index contributed by atoms with van der Waals surface area (Å²) in [6.45, 7) is 8.34. The molecule has 188 valence electrons. The molecule has 0 aliphatic carbocycles. The third-order valence-corrected chi connectivity index (χ3v) is 7.46. The van der Waals surface area contributed by atoms with Crippen LogP contribution in [0.2, 0.25) is 0 Å². The Bertz CT molecular complexity index is 1040. The molecule has 0 fully saturated rings. The first-order chi connectivity index (χ1) is 15.9. The van der Waals surface area contributed by atoms with E-state index in [4.69, 9.17) is 0 Å². The molecule has 0 aliphatic rings. The number of thioether (sulfide) groups is 1. The van der Waals surface area contributed by atoms with E-state index in [-0.39, 0.29) is 5.75 Å². The summed E-state index contributed by atoms with van der Waals surface area (Å²) in [5.41, 5.74) is 3.46. The number of benzene rings is 1. The third-order valence-electron chi connectivity index (χ3n) is 4.96. The second-order valence-corrected chi connectivity index (χ2v) is 11.1. The number of nitrogens with one attached hydrogen (secondary N) is 1. The summed E-state index contributed by atoms with van der Waals surface area (Å²) < 4.78 is 27.4. The van der Waals surface area contributed by atoms with Crippen molar-refractivity contribution in [3.8, 4) is 0 Å². The molecule has 34 heavy (non-hydrogen) atoms. The molecule has 0 saturated heterocycles. The van der Waals surface area contributed by atoms with E-state index in [1.165, 1.54) is 40.6 Å². The van der Waals surface area contributed by atoms with Gasteiger partial charge in [0.2, 0.25) is 10.0 Å². The molecule has 0 unspecified atom stereocenters. The maximum absolute atomic E-state index is 12.6. The maximum atomic E-state index is 12.6. The molecule has 7 nitrogen and oxygen atoms in total. The fraction of sp³-hybridized carbons (Fsp3) is 0.440. The highest BCUT2D eigenvalue weighted by Gasteiger charge is 2.28. The van der Waals surface area contributed by atoms with Crippen LogP contribution in [0, 0.1) is 0 Å². The van der Waals surface area contributed by atoms with Crippen molar-refractivity contribution in [1.82, 2.24) is 4.72 Å². The molecular weight excluding hydrogens is 474 g/mol. The lowest BCUT2D eigenvalue weighted by molar-refractivity contribution is -0.138. The molecule has 0 heterocycles. The number of hydrogen-bond acceptors (Lipinski definition) is 5. The van der Waals surface area contributed by atoms with Crippen molar-refractivity contribution in [3.05, 3.63) is 64.8 Å².